The van der Waals surface area contributed by atoms with E-state index in [2.05, 4.69) is 25.6 Å². The van der Waals surface area contributed by atoms with E-state index in [1.165, 1.54) is 0 Å². The lowest BCUT2D eigenvalue weighted by Crippen LogP contribution is -2.24. The van der Waals surface area contributed by atoms with E-state index in [0.717, 1.165) is 22.7 Å². The average molecular weight is 437 g/mol. The largest absolute Gasteiger partial charge is 0.497 e. The van der Waals surface area contributed by atoms with Gasteiger partial charge < -0.3 is 10.1 Å². The first-order valence-electron chi connectivity index (χ1n) is 9.75. The molecule has 0 aliphatic heterocycles. The van der Waals surface area contributed by atoms with Crippen LogP contribution >= 0.6 is 11.6 Å². The topological polar surface area (TPSA) is 97.7 Å². The van der Waals surface area contributed by atoms with Gasteiger partial charge >= 0.3 is 0 Å². The molecule has 0 spiro atoms. The van der Waals surface area contributed by atoms with Gasteiger partial charge in [0.1, 0.15) is 11.6 Å². The quantitative estimate of drug-likeness (QED) is 0.459. The number of amides is 1. The van der Waals surface area contributed by atoms with Crippen molar-refractivity contribution < 1.29 is 9.53 Å². The fourth-order valence-corrected chi connectivity index (χ4v) is 3.42. The highest BCUT2D eigenvalue weighted by Gasteiger charge is 2.18. The smallest absolute Gasteiger partial charge is 0.255 e. The van der Waals surface area contributed by atoms with E-state index in [0.29, 0.717) is 28.7 Å². The minimum Gasteiger partial charge on any atom is -0.497 e. The minimum absolute atomic E-state index is 0.216. The summed E-state index contributed by atoms with van der Waals surface area (Å²) in [6.07, 6.45) is 2.21. The van der Waals surface area contributed by atoms with Gasteiger partial charge in [0.05, 0.1) is 36.8 Å². The van der Waals surface area contributed by atoms with Crippen LogP contribution in [0.15, 0.2) is 54.7 Å². The molecule has 8 nitrogen and oxygen atoms in total. The molecule has 0 radical (unpaired) electrons. The second-order valence-corrected chi connectivity index (χ2v) is 7.20. The Hall–Kier alpha value is -3.65. The molecule has 0 fully saturated rings. The van der Waals surface area contributed by atoms with Gasteiger partial charge in [0.2, 0.25) is 0 Å². The van der Waals surface area contributed by atoms with Crippen LogP contribution in [0.3, 0.4) is 0 Å². The Bertz CT molecular complexity index is 1200. The molecule has 9 heteroatoms. The summed E-state index contributed by atoms with van der Waals surface area (Å²) in [5, 5.41) is 15.0. The summed E-state index contributed by atoms with van der Waals surface area (Å²) >= 11 is 6.10. The number of benzene rings is 2. The van der Waals surface area contributed by atoms with Crippen LogP contribution in [0, 0.1) is 0 Å². The molecule has 0 aliphatic carbocycles. The van der Waals surface area contributed by atoms with Crippen LogP contribution < -0.4 is 10.1 Å². The van der Waals surface area contributed by atoms with Crippen molar-refractivity contribution in [1.82, 2.24) is 30.3 Å². The van der Waals surface area contributed by atoms with Gasteiger partial charge in [-0.15, -0.1) is 0 Å². The molecular weight excluding hydrogens is 416 g/mol. The first kappa shape index (κ1) is 20.6. The van der Waals surface area contributed by atoms with Gasteiger partial charge in [-0.25, -0.2) is 9.67 Å². The zero-order valence-electron chi connectivity index (χ0n) is 17.1. The number of halogens is 1. The number of hydrogen-bond donors (Lipinski definition) is 2. The Morgan fingerprint density at radius 2 is 2.03 bits per heavy atom. The number of hydrogen-bond acceptors (Lipinski definition) is 5. The van der Waals surface area contributed by atoms with Crippen LogP contribution in [0.1, 0.15) is 28.8 Å². The number of carbonyl (C=O) groups excluding carboxylic acids is 1. The lowest BCUT2D eigenvalue weighted by atomic mass is 10.2. The maximum absolute atomic E-state index is 12.8. The SMILES string of the molecule is CCc1c(C(=O)NCc2nc(-c3ccc(OC)cc3)n[nH]2)cnn1-c1cccc(Cl)c1. The molecule has 158 valence electrons. The maximum Gasteiger partial charge on any atom is 0.255 e. The zero-order chi connectivity index (χ0) is 21.8. The van der Waals surface area contributed by atoms with E-state index < -0.39 is 0 Å². The monoisotopic (exact) mass is 436 g/mol. The number of nitrogens with zero attached hydrogens (tertiary/aromatic N) is 4. The van der Waals surface area contributed by atoms with E-state index in [1.807, 2.05) is 49.4 Å². The summed E-state index contributed by atoms with van der Waals surface area (Å²) in [5.74, 6) is 1.64. The van der Waals surface area contributed by atoms with Crippen LogP contribution in [0.25, 0.3) is 17.1 Å². The van der Waals surface area contributed by atoms with Crippen molar-refractivity contribution >= 4 is 17.5 Å². The molecule has 0 saturated heterocycles. The molecule has 0 bridgehead atoms. The highest BCUT2D eigenvalue weighted by molar-refractivity contribution is 6.30. The number of rotatable bonds is 7. The van der Waals surface area contributed by atoms with Gasteiger partial charge in [-0.3, -0.25) is 9.89 Å². The molecule has 2 heterocycles. The highest BCUT2D eigenvalue weighted by Crippen LogP contribution is 2.20. The maximum atomic E-state index is 12.8. The normalized spacial score (nSPS) is 10.8. The van der Waals surface area contributed by atoms with Crippen LogP contribution in [0.4, 0.5) is 0 Å². The summed E-state index contributed by atoms with van der Waals surface area (Å²) in [4.78, 5) is 17.2. The van der Waals surface area contributed by atoms with Gasteiger partial charge in [0.15, 0.2) is 5.82 Å². The van der Waals surface area contributed by atoms with Crippen molar-refractivity contribution in [2.45, 2.75) is 19.9 Å². The Morgan fingerprint density at radius 3 is 2.74 bits per heavy atom. The van der Waals surface area contributed by atoms with Crippen molar-refractivity contribution in [3.05, 3.63) is 76.8 Å². The number of aromatic amines is 1. The molecule has 0 unspecified atom stereocenters. The summed E-state index contributed by atoms with van der Waals surface area (Å²) in [6, 6.07) is 14.8. The fourth-order valence-electron chi connectivity index (χ4n) is 3.24. The average Bonchev–Trinajstić information content (AvgIpc) is 3.44. The van der Waals surface area contributed by atoms with E-state index in [4.69, 9.17) is 16.3 Å². The van der Waals surface area contributed by atoms with Crippen molar-refractivity contribution in [2.75, 3.05) is 7.11 Å². The highest BCUT2D eigenvalue weighted by atomic mass is 35.5. The number of carbonyl (C=O) groups is 1. The van der Waals surface area contributed by atoms with Crippen molar-refractivity contribution in [1.29, 1.82) is 0 Å². The van der Waals surface area contributed by atoms with E-state index in [-0.39, 0.29) is 12.5 Å². The first-order chi connectivity index (χ1) is 15.1. The van der Waals surface area contributed by atoms with E-state index in [9.17, 15) is 4.79 Å². The Kier molecular flexibility index (Phi) is 5.99. The second kappa shape index (κ2) is 9.01. The second-order valence-electron chi connectivity index (χ2n) is 6.77. The van der Waals surface area contributed by atoms with Crippen molar-refractivity contribution in [2.24, 2.45) is 0 Å². The number of ether oxygens (including phenoxy) is 1. The third-order valence-electron chi connectivity index (χ3n) is 4.80. The first-order valence-corrected chi connectivity index (χ1v) is 10.1. The molecule has 0 aliphatic rings. The van der Waals surface area contributed by atoms with E-state index in [1.54, 1.807) is 24.1 Å². The Morgan fingerprint density at radius 1 is 1.23 bits per heavy atom. The van der Waals surface area contributed by atoms with Gasteiger partial charge in [-0.2, -0.15) is 10.2 Å². The fraction of sp³-hybridized carbons (Fsp3) is 0.182. The number of H-pyrrole nitrogens is 1. The summed E-state index contributed by atoms with van der Waals surface area (Å²) in [7, 11) is 1.62. The lowest BCUT2D eigenvalue weighted by Gasteiger charge is -2.08. The molecular formula is C22H21ClN6O2. The van der Waals surface area contributed by atoms with Crippen LogP contribution in [0.2, 0.25) is 5.02 Å². The molecule has 4 rings (SSSR count). The zero-order valence-corrected chi connectivity index (χ0v) is 17.8. The predicted octanol–water partition coefficient (Wildman–Crippen LogP) is 3.81. The summed E-state index contributed by atoms with van der Waals surface area (Å²) in [6.45, 7) is 2.19. The third kappa shape index (κ3) is 4.44. The van der Waals surface area contributed by atoms with Crippen LogP contribution in [-0.2, 0) is 13.0 Å². The molecule has 2 aromatic carbocycles. The Balaban J connectivity index is 1.46. The van der Waals surface area contributed by atoms with Crippen LogP contribution in [-0.4, -0.2) is 38.0 Å². The van der Waals surface area contributed by atoms with Crippen molar-refractivity contribution in [3.8, 4) is 22.8 Å². The van der Waals surface area contributed by atoms with Gasteiger partial charge in [0.25, 0.3) is 5.91 Å². The van der Waals surface area contributed by atoms with Gasteiger partial charge in [-0.1, -0.05) is 24.6 Å². The third-order valence-corrected chi connectivity index (χ3v) is 5.03. The summed E-state index contributed by atoms with van der Waals surface area (Å²) in [5.41, 5.74) is 2.97. The van der Waals surface area contributed by atoms with Gasteiger partial charge in [-0.05, 0) is 48.9 Å². The molecule has 0 atom stereocenters. The molecule has 2 N–H and O–H groups in total. The molecule has 0 saturated carbocycles. The van der Waals surface area contributed by atoms with Gasteiger partial charge in [0, 0.05) is 10.6 Å². The molecule has 31 heavy (non-hydrogen) atoms. The van der Waals surface area contributed by atoms with Crippen molar-refractivity contribution in [3.63, 3.8) is 0 Å². The molecule has 1 amide bonds. The summed E-state index contributed by atoms with van der Waals surface area (Å²) < 4.78 is 6.90. The molecule has 4 aromatic rings. The lowest BCUT2D eigenvalue weighted by molar-refractivity contribution is 0.0949. The minimum atomic E-state index is -0.229. The van der Waals surface area contributed by atoms with E-state index >= 15 is 0 Å². The standard InChI is InChI=1S/C22H21ClN6O2/c1-3-19-18(12-25-29(19)16-6-4-5-15(23)11-16)22(30)24-13-20-26-21(28-27-20)14-7-9-17(31-2)10-8-14/h4-12H,3,13H2,1-2H3,(H,24,30)(H,26,27,28). The Labute approximate surface area is 184 Å². The van der Waals surface area contributed by atoms with Crippen LogP contribution in [0.5, 0.6) is 5.75 Å². The number of methoxy groups -OCH3 is 1. The number of aromatic nitrogens is 5. The number of nitrogens with one attached hydrogen (secondary N) is 2. The molecule has 2 aromatic heterocycles. The predicted molar refractivity (Wildman–Crippen MR) is 117 cm³/mol.